The molecule has 0 fully saturated rings. The summed E-state index contributed by atoms with van der Waals surface area (Å²) in [5.41, 5.74) is 1.41. The Labute approximate surface area is 98.0 Å². The molecular formula is C10H16BrN3O. The second-order valence-corrected chi connectivity index (χ2v) is 4.53. The maximum absolute atomic E-state index is 11.8. The molecule has 1 amide bonds. The fourth-order valence-corrected chi connectivity index (χ4v) is 2.12. The molecule has 1 rings (SSSR count). The Morgan fingerprint density at radius 1 is 1.67 bits per heavy atom. The molecule has 0 aromatic carbocycles. The minimum atomic E-state index is -0.0700. The van der Waals surface area contributed by atoms with Crippen molar-refractivity contribution in [3.8, 4) is 0 Å². The van der Waals surface area contributed by atoms with E-state index in [1.54, 1.807) is 6.20 Å². The highest BCUT2D eigenvalue weighted by Gasteiger charge is 2.17. The Kier molecular flexibility index (Phi) is 4.32. The Bertz CT molecular complexity index is 335. The third kappa shape index (κ3) is 3.06. The monoisotopic (exact) mass is 273 g/mol. The number of hydrogen-bond donors (Lipinski definition) is 2. The van der Waals surface area contributed by atoms with Crippen LogP contribution >= 0.6 is 15.9 Å². The van der Waals surface area contributed by atoms with Gasteiger partial charge in [-0.15, -0.1) is 0 Å². The lowest BCUT2D eigenvalue weighted by molar-refractivity contribution is 0.0931. The van der Waals surface area contributed by atoms with Gasteiger partial charge in [-0.05, 0) is 12.8 Å². The van der Waals surface area contributed by atoms with Crippen molar-refractivity contribution < 1.29 is 4.79 Å². The first-order chi connectivity index (χ1) is 7.06. The summed E-state index contributed by atoms with van der Waals surface area (Å²) >= 11 is 3.39. The van der Waals surface area contributed by atoms with Gasteiger partial charge in [0, 0.05) is 17.1 Å². The van der Waals surface area contributed by atoms with E-state index < -0.39 is 0 Å². The number of carbonyl (C=O) groups is 1. The molecule has 0 aliphatic carbocycles. The number of hydrogen-bond acceptors (Lipinski definition) is 2. The molecule has 5 heteroatoms. The number of carbonyl (C=O) groups excluding carboxylic acids is 1. The number of halogens is 1. The lowest BCUT2D eigenvalue weighted by Crippen LogP contribution is -2.39. The zero-order chi connectivity index (χ0) is 11.4. The summed E-state index contributed by atoms with van der Waals surface area (Å²) in [5.74, 6) is 0.333. The van der Waals surface area contributed by atoms with Gasteiger partial charge in [0.25, 0.3) is 5.91 Å². The highest BCUT2D eigenvalue weighted by molar-refractivity contribution is 9.09. The summed E-state index contributed by atoms with van der Waals surface area (Å²) in [4.78, 5) is 11.8. The number of aromatic nitrogens is 2. The SMILES string of the molecule is Cc1[nH]ncc1C(=O)NC(CBr)C(C)C. The van der Waals surface area contributed by atoms with Gasteiger partial charge in [0.15, 0.2) is 0 Å². The highest BCUT2D eigenvalue weighted by Crippen LogP contribution is 2.08. The predicted octanol–water partition coefficient (Wildman–Crippen LogP) is 1.87. The van der Waals surface area contributed by atoms with E-state index in [1.807, 2.05) is 6.92 Å². The van der Waals surface area contributed by atoms with Gasteiger partial charge >= 0.3 is 0 Å². The highest BCUT2D eigenvalue weighted by atomic mass is 79.9. The Morgan fingerprint density at radius 2 is 2.33 bits per heavy atom. The summed E-state index contributed by atoms with van der Waals surface area (Å²) < 4.78 is 0. The van der Waals surface area contributed by atoms with Crippen LogP contribution in [-0.4, -0.2) is 27.5 Å². The predicted molar refractivity (Wildman–Crippen MR) is 63.2 cm³/mol. The molecule has 2 N–H and O–H groups in total. The smallest absolute Gasteiger partial charge is 0.254 e. The zero-order valence-electron chi connectivity index (χ0n) is 9.17. The molecular weight excluding hydrogens is 258 g/mol. The molecule has 0 radical (unpaired) electrons. The van der Waals surface area contributed by atoms with Crippen molar-refractivity contribution in [2.75, 3.05) is 5.33 Å². The number of aryl methyl sites for hydroxylation is 1. The zero-order valence-corrected chi connectivity index (χ0v) is 10.8. The number of amides is 1. The van der Waals surface area contributed by atoms with Crippen molar-refractivity contribution in [3.63, 3.8) is 0 Å². The van der Waals surface area contributed by atoms with Gasteiger partial charge < -0.3 is 5.32 Å². The van der Waals surface area contributed by atoms with Crippen LogP contribution in [0.1, 0.15) is 29.9 Å². The van der Waals surface area contributed by atoms with Crippen molar-refractivity contribution in [3.05, 3.63) is 17.5 Å². The fraction of sp³-hybridized carbons (Fsp3) is 0.600. The van der Waals surface area contributed by atoms with Crippen LogP contribution in [0.3, 0.4) is 0 Å². The summed E-state index contributed by atoms with van der Waals surface area (Å²) in [6.07, 6.45) is 1.55. The van der Waals surface area contributed by atoms with Crippen molar-refractivity contribution >= 4 is 21.8 Å². The van der Waals surface area contributed by atoms with Crippen LogP contribution in [0.2, 0.25) is 0 Å². The second-order valence-electron chi connectivity index (χ2n) is 3.89. The van der Waals surface area contributed by atoms with Crippen LogP contribution in [-0.2, 0) is 0 Å². The molecule has 0 bridgehead atoms. The quantitative estimate of drug-likeness (QED) is 0.823. The molecule has 0 saturated carbocycles. The van der Waals surface area contributed by atoms with Crippen LogP contribution in [0.25, 0.3) is 0 Å². The lowest BCUT2D eigenvalue weighted by atomic mass is 10.1. The molecule has 0 saturated heterocycles. The van der Waals surface area contributed by atoms with Crippen LogP contribution in [0, 0.1) is 12.8 Å². The van der Waals surface area contributed by atoms with Crippen molar-refractivity contribution in [2.45, 2.75) is 26.8 Å². The molecule has 1 unspecified atom stereocenters. The minimum absolute atomic E-state index is 0.0700. The molecule has 1 heterocycles. The molecule has 1 aromatic heterocycles. The largest absolute Gasteiger partial charge is 0.348 e. The summed E-state index contributed by atoms with van der Waals surface area (Å²) in [7, 11) is 0. The Hall–Kier alpha value is -0.840. The first kappa shape index (κ1) is 12.2. The first-order valence-corrected chi connectivity index (χ1v) is 6.05. The van der Waals surface area contributed by atoms with Crippen molar-refractivity contribution in [2.24, 2.45) is 5.92 Å². The van der Waals surface area contributed by atoms with Gasteiger partial charge in [0.2, 0.25) is 0 Å². The topological polar surface area (TPSA) is 57.8 Å². The fourth-order valence-electron chi connectivity index (χ4n) is 1.21. The molecule has 1 aromatic rings. The Balaban J connectivity index is 2.67. The number of aromatic amines is 1. The van der Waals surface area contributed by atoms with Crippen LogP contribution < -0.4 is 5.32 Å². The number of rotatable bonds is 4. The second kappa shape index (κ2) is 5.30. The van der Waals surface area contributed by atoms with Gasteiger partial charge in [0.1, 0.15) is 0 Å². The van der Waals surface area contributed by atoms with E-state index in [2.05, 4.69) is 45.3 Å². The van der Waals surface area contributed by atoms with E-state index in [4.69, 9.17) is 0 Å². The van der Waals surface area contributed by atoms with E-state index in [0.717, 1.165) is 11.0 Å². The third-order valence-electron chi connectivity index (χ3n) is 2.36. The van der Waals surface area contributed by atoms with Crippen molar-refractivity contribution in [1.29, 1.82) is 0 Å². The molecule has 0 spiro atoms. The van der Waals surface area contributed by atoms with Crippen molar-refractivity contribution in [1.82, 2.24) is 15.5 Å². The van der Waals surface area contributed by atoms with E-state index in [1.165, 1.54) is 0 Å². The van der Waals surface area contributed by atoms with Crippen LogP contribution in [0.15, 0.2) is 6.20 Å². The first-order valence-electron chi connectivity index (χ1n) is 4.93. The average Bonchev–Trinajstić information content (AvgIpc) is 2.60. The van der Waals surface area contributed by atoms with Gasteiger partial charge in [0.05, 0.1) is 11.8 Å². The molecule has 0 aliphatic heterocycles. The van der Waals surface area contributed by atoms with E-state index in [9.17, 15) is 4.79 Å². The van der Waals surface area contributed by atoms with Gasteiger partial charge in [-0.3, -0.25) is 9.89 Å². The number of H-pyrrole nitrogens is 1. The summed E-state index contributed by atoms with van der Waals surface area (Å²) in [6.45, 7) is 5.99. The summed E-state index contributed by atoms with van der Waals surface area (Å²) in [5, 5.41) is 10.3. The third-order valence-corrected chi connectivity index (χ3v) is 3.06. The molecule has 15 heavy (non-hydrogen) atoms. The lowest BCUT2D eigenvalue weighted by Gasteiger charge is -2.19. The van der Waals surface area contributed by atoms with E-state index in [0.29, 0.717) is 11.5 Å². The van der Waals surface area contributed by atoms with Crippen LogP contribution in [0.5, 0.6) is 0 Å². The maximum atomic E-state index is 11.8. The average molecular weight is 274 g/mol. The number of nitrogens with zero attached hydrogens (tertiary/aromatic N) is 1. The van der Waals surface area contributed by atoms with Gasteiger partial charge in [-0.1, -0.05) is 29.8 Å². The van der Waals surface area contributed by atoms with Gasteiger partial charge in [-0.25, -0.2) is 0 Å². The minimum Gasteiger partial charge on any atom is -0.348 e. The normalized spacial score (nSPS) is 12.9. The maximum Gasteiger partial charge on any atom is 0.254 e. The van der Waals surface area contributed by atoms with Crippen LogP contribution in [0.4, 0.5) is 0 Å². The number of nitrogens with one attached hydrogen (secondary N) is 2. The van der Waals surface area contributed by atoms with Gasteiger partial charge in [-0.2, -0.15) is 5.10 Å². The number of alkyl halides is 1. The van der Waals surface area contributed by atoms with E-state index in [-0.39, 0.29) is 11.9 Å². The molecule has 84 valence electrons. The molecule has 4 nitrogen and oxygen atoms in total. The Morgan fingerprint density at radius 3 is 2.73 bits per heavy atom. The van der Waals surface area contributed by atoms with E-state index >= 15 is 0 Å². The molecule has 1 atom stereocenters. The standard InChI is InChI=1S/C10H16BrN3O/c1-6(2)9(4-11)13-10(15)8-5-12-14-7(8)3/h5-6,9H,4H2,1-3H3,(H,12,14)(H,13,15). The summed E-state index contributed by atoms with van der Waals surface area (Å²) in [6, 6.07) is 0.145. The molecule has 0 aliphatic rings.